The molecule has 1 N–H and O–H groups in total. The summed E-state index contributed by atoms with van der Waals surface area (Å²) in [4.78, 5) is 20.8. The summed E-state index contributed by atoms with van der Waals surface area (Å²) < 4.78 is 12.3. The molecule has 0 aliphatic heterocycles. The van der Waals surface area contributed by atoms with Crippen LogP contribution in [0.25, 0.3) is 16.9 Å². The van der Waals surface area contributed by atoms with E-state index in [1.165, 1.54) is 0 Å². The maximum Gasteiger partial charge on any atom is 0.276 e. The molecule has 4 aromatic rings. The second-order valence-electron chi connectivity index (χ2n) is 5.90. The molecule has 0 bridgehead atoms. The van der Waals surface area contributed by atoms with Crippen molar-refractivity contribution in [3.05, 3.63) is 66.7 Å². The largest absolute Gasteiger partial charge is 0.493 e. The number of nitrogens with zero attached hydrogens (tertiary/aromatic N) is 4. The molecule has 0 aliphatic rings. The lowest BCUT2D eigenvalue weighted by Gasteiger charge is -2.10. The maximum atomic E-state index is 12.5. The highest BCUT2D eigenvalue weighted by molar-refractivity contribution is 6.03. The van der Waals surface area contributed by atoms with Gasteiger partial charge in [-0.25, -0.2) is 9.50 Å². The summed E-state index contributed by atoms with van der Waals surface area (Å²) in [5.74, 6) is 0.900. The van der Waals surface area contributed by atoms with E-state index in [-0.39, 0.29) is 11.6 Å². The van der Waals surface area contributed by atoms with Crippen molar-refractivity contribution in [2.24, 2.45) is 0 Å². The SMILES string of the molecule is COc1ccc(-c2ccnc3cc(C(=O)Nc4cccnc4)nn23)cc1OC. The molecule has 0 aliphatic carbocycles. The van der Waals surface area contributed by atoms with Crippen molar-refractivity contribution in [1.29, 1.82) is 0 Å². The average molecular weight is 375 g/mol. The van der Waals surface area contributed by atoms with Gasteiger partial charge < -0.3 is 14.8 Å². The number of benzene rings is 1. The molecule has 1 amide bonds. The molecule has 0 radical (unpaired) electrons. The van der Waals surface area contributed by atoms with Crippen molar-refractivity contribution in [3.8, 4) is 22.8 Å². The predicted octanol–water partition coefficient (Wildman–Crippen LogP) is 3.06. The Morgan fingerprint density at radius 1 is 1.04 bits per heavy atom. The Balaban J connectivity index is 1.72. The predicted molar refractivity (Wildman–Crippen MR) is 104 cm³/mol. The highest BCUT2D eigenvalue weighted by Crippen LogP contribution is 2.32. The van der Waals surface area contributed by atoms with E-state index in [1.807, 2.05) is 24.3 Å². The first kappa shape index (κ1) is 17.5. The van der Waals surface area contributed by atoms with Crippen LogP contribution in [0.1, 0.15) is 10.5 Å². The number of rotatable bonds is 5. The van der Waals surface area contributed by atoms with Crippen molar-refractivity contribution < 1.29 is 14.3 Å². The summed E-state index contributed by atoms with van der Waals surface area (Å²) in [6.45, 7) is 0. The normalized spacial score (nSPS) is 10.6. The molecular weight excluding hydrogens is 358 g/mol. The zero-order valence-electron chi connectivity index (χ0n) is 15.3. The van der Waals surface area contributed by atoms with Gasteiger partial charge in [0.25, 0.3) is 5.91 Å². The number of amides is 1. The molecule has 3 heterocycles. The highest BCUT2D eigenvalue weighted by Gasteiger charge is 2.15. The number of methoxy groups -OCH3 is 2. The smallest absolute Gasteiger partial charge is 0.276 e. The van der Waals surface area contributed by atoms with Gasteiger partial charge in [0.05, 0.1) is 31.8 Å². The number of aromatic nitrogens is 4. The van der Waals surface area contributed by atoms with Gasteiger partial charge in [0.15, 0.2) is 22.8 Å². The molecule has 4 rings (SSSR count). The van der Waals surface area contributed by atoms with Crippen molar-refractivity contribution >= 4 is 17.2 Å². The summed E-state index contributed by atoms with van der Waals surface area (Å²) in [5.41, 5.74) is 3.03. The highest BCUT2D eigenvalue weighted by atomic mass is 16.5. The first-order valence-electron chi connectivity index (χ1n) is 8.48. The van der Waals surface area contributed by atoms with Crippen LogP contribution in [0.5, 0.6) is 11.5 Å². The Bertz CT molecular complexity index is 1140. The van der Waals surface area contributed by atoms with Crippen molar-refractivity contribution in [1.82, 2.24) is 19.6 Å². The van der Waals surface area contributed by atoms with Gasteiger partial charge in [-0.2, -0.15) is 5.10 Å². The van der Waals surface area contributed by atoms with Crippen molar-refractivity contribution in [2.45, 2.75) is 0 Å². The molecule has 0 fully saturated rings. The fourth-order valence-corrected chi connectivity index (χ4v) is 2.85. The van der Waals surface area contributed by atoms with E-state index in [2.05, 4.69) is 20.4 Å². The third kappa shape index (κ3) is 3.23. The number of ether oxygens (including phenoxy) is 2. The van der Waals surface area contributed by atoms with Crippen LogP contribution in [-0.4, -0.2) is 39.7 Å². The van der Waals surface area contributed by atoms with E-state index in [1.54, 1.807) is 55.5 Å². The second-order valence-corrected chi connectivity index (χ2v) is 5.90. The van der Waals surface area contributed by atoms with Gasteiger partial charge in [0, 0.05) is 24.0 Å². The van der Waals surface area contributed by atoms with Gasteiger partial charge in [0.2, 0.25) is 0 Å². The van der Waals surface area contributed by atoms with E-state index in [4.69, 9.17) is 9.47 Å². The van der Waals surface area contributed by atoms with E-state index in [9.17, 15) is 4.79 Å². The van der Waals surface area contributed by atoms with Crippen molar-refractivity contribution in [3.63, 3.8) is 0 Å². The number of anilines is 1. The minimum Gasteiger partial charge on any atom is -0.493 e. The summed E-state index contributed by atoms with van der Waals surface area (Å²) in [5, 5.41) is 7.20. The van der Waals surface area contributed by atoms with Crippen LogP contribution in [0.15, 0.2) is 61.1 Å². The van der Waals surface area contributed by atoms with Gasteiger partial charge in [-0.1, -0.05) is 0 Å². The quantitative estimate of drug-likeness (QED) is 0.576. The fraction of sp³-hybridized carbons (Fsp3) is 0.100. The number of fused-ring (bicyclic) bond motifs is 1. The zero-order valence-corrected chi connectivity index (χ0v) is 15.3. The van der Waals surface area contributed by atoms with Crippen LogP contribution in [-0.2, 0) is 0 Å². The monoisotopic (exact) mass is 375 g/mol. The molecular formula is C20H17N5O3. The molecule has 8 nitrogen and oxygen atoms in total. The Kier molecular flexibility index (Phi) is 4.59. The lowest BCUT2D eigenvalue weighted by molar-refractivity contribution is 0.102. The zero-order chi connectivity index (χ0) is 19.5. The van der Waals surface area contributed by atoms with E-state index < -0.39 is 0 Å². The Hall–Kier alpha value is -3.94. The van der Waals surface area contributed by atoms with Crippen molar-refractivity contribution in [2.75, 3.05) is 19.5 Å². The summed E-state index contributed by atoms with van der Waals surface area (Å²) in [6.07, 6.45) is 4.88. The molecule has 28 heavy (non-hydrogen) atoms. The maximum absolute atomic E-state index is 12.5. The molecule has 0 saturated carbocycles. The standard InChI is InChI=1S/C20H17N5O3/c1-27-17-6-5-13(10-18(17)28-2)16-7-9-22-19-11-15(24-25(16)19)20(26)23-14-4-3-8-21-12-14/h3-12H,1-2H3,(H,23,26). The second kappa shape index (κ2) is 7.36. The van der Waals surface area contributed by atoms with E-state index in [0.29, 0.717) is 22.8 Å². The number of carbonyl (C=O) groups excluding carboxylic acids is 1. The number of nitrogens with one attached hydrogen (secondary N) is 1. The number of hydrogen-bond acceptors (Lipinski definition) is 6. The van der Waals surface area contributed by atoms with E-state index >= 15 is 0 Å². The van der Waals surface area contributed by atoms with Gasteiger partial charge in [-0.15, -0.1) is 0 Å². The van der Waals surface area contributed by atoms with Gasteiger partial charge >= 0.3 is 0 Å². The van der Waals surface area contributed by atoms with Crippen LogP contribution in [0.4, 0.5) is 5.69 Å². The van der Waals surface area contributed by atoms with Gasteiger partial charge in [-0.3, -0.25) is 9.78 Å². The Morgan fingerprint density at radius 2 is 1.89 bits per heavy atom. The van der Waals surface area contributed by atoms with Crippen LogP contribution >= 0.6 is 0 Å². The van der Waals surface area contributed by atoms with Crippen LogP contribution in [0.3, 0.4) is 0 Å². The first-order chi connectivity index (χ1) is 13.7. The summed E-state index contributed by atoms with van der Waals surface area (Å²) in [7, 11) is 3.17. The number of hydrogen-bond donors (Lipinski definition) is 1. The molecule has 0 unspecified atom stereocenters. The molecule has 0 saturated heterocycles. The molecule has 140 valence electrons. The fourth-order valence-electron chi connectivity index (χ4n) is 2.85. The van der Waals surface area contributed by atoms with Gasteiger partial charge in [-0.05, 0) is 36.4 Å². The molecule has 0 atom stereocenters. The van der Waals surface area contributed by atoms with Gasteiger partial charge in [0.1, 0.15) is 0 Å². The molecule has 3 aromatic heterocycles. The molecule has 1 aromatic carbocycles. The lowest BCUT2D eigenvalue weighted by Crippen LogP contribution is -2.12. The number of carbonyl (C=O) groups is 1. The van der Waals surface area contributed by atoms with E-state index in [0.717, 1.165) is 11.3 Å². The Labute approximate surface area is 160 Å². The third-order valence-corrected chi connectivity index (χ3v) is 4.19. The van der Waals surface area contributed by atoms with Crippen LogP contribution in [0, 0.1) is 0 Å². The third-order valence-electron chi connectivity index (χ3n) is 4.19. The summed E-state index contributed by atoms with van der Waals surface area (Å²) >= 11 is 0. The molecule has 0 spiro atoms. The topological polar surface area (TPSA) is 90.6 Å². The minimum atomic E-state index is -0.336. The van der Waals surface area contributed by atoms with Crippen LogP contribution < -0.4 is 14.8 Å². The number of pyridine rings is 1. The van der Waals surface area contributed by atoms with Crippen LogP contribution in [0.2, 0.25) is 0 Å². The lowest BCUT2D eigenvalue weighted by atomic mass is 10.1. The Morgan fingerprint density at radius 3 is 2.64 bits per heavy atom. The minimum absolute atomic E-state index is 0.254. The first-order valence-corrected chi connectivity index (χ1v) is 8.48. The summed E-state index contributed by atoms with van der Waals surface area (Å²) in [6, 6.07) is 12.5. The average Bonchev–Trinajstić information content (AvgIpc) is 3.18. The molecule has 8 heteroatoms.